The molecule has 2 aromatic carbocycles. The van der Waals surface area contributed by atoms with Crippen molar-refractivity contribution in [3.63, 3.8) is 0 Å². The predicted octanol–water partition coefficient (Wildman–Crippen LogP) is 4.57. The number of pyridine rings is 2. The number of para-hydroxylation sites is 2. The third-order valence-corrected chi connectivity index (χ3v) is 5.10. The monoisotopic (exact) mass is 342 g/mol. The minimum Gasteiger partial charge on any atom is -0.494 e. The fraction of sp³-hybridized carbons (Fsp3) is 0.182. The highest BCUT2D eigenvalue weighted by molar-refractivity contribution is 5.91. The fourth-order valence-corrected chi connectivity index (χ4v) is 3.82. The molecular weight excluding hydrogens is 324 g/mol. The van der Waals surface area contributed by atoms with E-state index in [0.717, 1.165) is 57.5 Å². The Labute approximate surface area is 151 Å². The highest BCUT2D eigenvalue weighted by atomic mass is 16.5. The number of methoxy groups -OCH3 is 2. The van der Waals surface area contributed by atoms with E-state index in [1.807, 2.05) is 24.3 Å². The Bertz CT molecular complexity index is 1070. The number of ether oxygens (including phenoxy) is 2. The van der Waals surface area contributed by atoms with E-state index in [2.05, 4.69) is 24.3 Å². The molecule has 1 aliphatic carbocycles. The summed E-state index contributed by atoms with van der Waals surface area (Å²) in [5.74, 6) is 1.58. The summed E-state index contributed by atoms with van der Waals surface area (Å²) in [5, 5.41) is 2.20. The van der Waals surface area contributed by atoms with E-state index >= 15 is 0 Å². The molecule has 0 spiro atoms. The van der Waals surface area contributed by atoms with Crippen LogP contribution in [0.1, 0.15) is 11.1 Å². The van der Waals surface area contributed by atoms with Crippen molar-refractivity contribution >= 4 is 21.8 Å². The third kappa shape index (κ3) is 2.15. The number of benzene rings is 2. The Morgan fingerprint density at radius 3 is 1.58 bits per heavy atom. The molecule has 0 unspecified atom stereocenters. The summed E-state index contributed by atoms with van der Waals surface area (Å²) in [6.07, 6.45) is 1.94. The zero-order valence-corrected chi connectivity index (χ0v) is 14.7. The van der Waals surface area contributed by atoms with Gasteiger partial charge in [0.25, 0.3) is 0 Å². The van der Waals surface area contributed by atoms with Gasteiger partial charge in [0.15, 0.2) is 0 Å². The minimum atomic E-state index is 0.788. The van der Waals surface area contributed by atoms with E-state index in [9.17, 15) is 0 Å². The molecule has 0 saturated carbocycles. The summed E-state index contributed by atoms with van der Waals surface area (Å²) in [4.78, 5) is 9.92. The average molecular weight is 342 g/mol. The number of rotatable bonds is 2. The van der Waals surface area contributed by atoms with Crippen molar-refractivity contribution in [1.29, 1.82) is 0 Å². The molecular formula is C22H18N2O2. The largest absolute Gasteiger partial charge is 0.494 e. The molecule has 5 rings (SSSR count). The maximum atomic E-state index is 5.51. The van der Waals surface area contributed by atoms with Crippen LogP contribution in [-0.2, 0) is 12.8 Å². The Kier molecular flexibility index (Phi) is 3.32. The Hall–Kier alpha value is -3.14. The number of fused-ring (bicyclic) bond motifs is 5. The van der Waals surface area contributed by atoms with Gasteiger partial charge in [0.05, 0.1) is 25.6 Å². The van der Waals surface area contributed by atoms with Gasteiger partial charge in [-0.25, -0.2) is 9.97 Å². The van der Waals surface area contributed by atoms with E-state index in [4.69, 9.17) is 19.4 Å². The molecule has 2 aromatic heterocycles. The molecule has 0 amide bonds. The van der Waals surface area contributed by atoms with Crippen LogP contribution < -0.4 is 9.47 Å². The van der Waals surface area contributed by atoms with Crippen LogP contribution in [0.4, 0.5) is 0 Å². The quantitative estimate of drug-likeness (QED) is 0.535. The molecule has 4 nitrogen and oxygen atoms in total. The SMILES string of the molecule is COc1cccc2cc3c(nc12)-c1nc2c(OC)cccc2cc1CC3. The molecule has 0 N–H and O–H groups in total. The first-order chi connectivity index (χ1) is 12.8. The molecule has 128 valence electrons. The first-order valence-corrected chi connectivity index (χ1v) is 8.72. The summed E-state index contributed by atoms with van der Waals surface area (Å²) < 4.78 is 11.0. The Morgan fingerprint density at radius 2 is 1.15 bits per heavy atom. The van der Waals surface area contributed by atoms with E-state index in [0.29, 0.717) is 0 Å². The van der Waals surface area contributed by atoms with Gasteiger partial charge in [-0.15, -0.1) is 0 Å². The molecule has 2 heterocycles. The lowest BCUT2D eigenvalue weighted by molar-refractivity contribution is 0.418. The van der Waals surface area contributed by atoms with Crippen molar-refractivity contribution in [3.05, 3.63) is 59.7 Å². The number of hydrogen-bond acceptors (Lipinski definition) is 4. The first kappa shape index (κ1) is 15.1. The van der Waals surface area contributed by atoms with Gasteiger partial charge in [0.2, 0.25) is 0 Å². The molecule has 0 atom stereocenters. The van der Waals surface area contributed by atoms with Crippen LogP contribution in [0.5, 0.6) is 11.5 Å². The second kappa shape index (κ2) is 5.70. The highest BCUT2D eigenvalue weighted by Crippen LogP contribution is 2.37. The fourth-order valence-electron chi connectivity index (χ4n) is 3.82. The summed E-state index contributed by atoms with van der Waals surface area (Å²) in [6, 6.07) is 16.5. The molecule has 0 fully saturated rings. The summed E-state index contributed by atoms with van der Waals surface area (Å²) in [7, 11) is 3.36. The van der Waals surface area contributed by atoms with E-state index in [-0.39, 0.29) is 0 Å². The lowest BCUT2D eigenvalue weighted by Gasteiger charge is -2.20. The van der Waals surface area contributed by atoms with Gasteiger partial charge >= 0.3 is 0 Å². The standard InChI is InChI=1S/C22H18N2O2/c1-25-17-7-3-5-13-11-15-9-10-16-12-14-6-4-8-18(26-2)20(14)24-22(16)21(15)23-19(13)17/h3-8,11-12H,9-10H2,1-2H3. The van der Waals surface area contributed by atoms with Crippen molar-refractivity contribution in [2.24, 2.45) is 0 Å². The van der Waals surface area contributed by atoms with E-state index < -0.39 is 0 Å². The number of aromatic nitrogens is 2. The van der Waals surface area contributed by atoms with Crippen molar-refractivity contribution in [3.8, 4) is 22.9 Å². The van der Waals surface area contributed by atoms with Crippen LogP contribution in [-0.4, -0.2) is 24.2 Å². The van der Waals surface area contributed by atoms with Crippen LogP contribution in [0.15, 0.2) is 48.5 Å². The molecule has 4 heteroatoms. The zero-order chi connectivity index (χ0) is 17.7. The minimum absolute atomic E-state index is 0.788. The van der Waals surface area contributed by atoms with E-state index in [1.165, 1.54) is 11.1 Å². The first-order valence-electron chi connectivity index (χ1n) is 8.72. The van der Waals surface area contributed by atoms with Crippen LogP contribution in [0.3, 0.4) is 0 Å². The van der Waals surface area contributed by atoms with Crippen molar-refractivity contribution < 1.29 is 9.47 Å². The molecule has 0 aliphatic heterocycles. The average Bonchev–Trinajstić information content (AvgIpc) is 2.69. The summed E-state index contributed by atoms with van der Waals surface area (Å²) in [5.41, 5.74) is 6.14. The molecule has 0 radical (unpaired) electrons. The number of aryl methyl sites for hydroxylation is 2. The maximum Gasteiger partial charge on any atom is 0.145 e. The predicted molar refractivity (Wildman–Crippen MR) is 103 cm³/mol. The van der Waals surface area contributed by atoms with Crippen molar-refractivity contribution in [1.82, 2.24) is 9.97 Å². The molecule has 26 heavy (non-hydrogen) atoms. The zero-order valence-electron chi connectivity index (χ0n) is 14.7. The van der Waals surface area contributed by atoms with Gasteiger partial charge in [-0.3, -0.25) is 0 Å². The van der Waals surface area contributed by atoms with Crippen molar-refractivity contribution in [2.75, 3.05) is 14.2 Å². The van der Waals surface area contributed by atoms with Crippen LogP contribution in [0.2, 0.25) is 0 Å². The Balaban J connectivity index is 1.82. The van der Waals surface area contributed by atoms with Crippen LogP contribution in [0.25, 0.3) is 33.2 Å². The molecule has 0 saturated heterocycles. The summed E-state index contributed by atoms with van der Waals surface area (Å²) in [6.45, 7) is 0. The number of nitrogens with zero attached hydrogens (tertiary/aromatic N) is 2. The van der Waals surface area contributed by atoms with Crippen LogP contribution >= 0.6 is 0 Å². The van der Waals surface area contributed by atoms with Crippen LogP contribution in [0, 0.1) is 0 Å². The Morgan fingerprint density at radius 1 is 0.692 bits per heavy atom. The topological polar surface area (TPSA) is 44.2 Å². The molecule has 0 bridgehead atoms. The lowest BCUT2D eigenvalue weighted by atomic mass is 9.90. The molecule has 1 aliphatic rings. The number of hydrogen-bond donors (Lipinski definition) is 0. The van der Waals surface area contributed by atoms with Gasteiger partial charge < -0.3 is 9.47 Å². The second-order valence-electron chi connectivity index (χ2n) is 6.56. The highest BCUT2D eigenvalue weighted by Gasteiger charge is 2.22. The molecule has 4 aromatic rings. The maximum absolute atomic E-state index is 5.51. The van der Waals surface area contributed by atoms with Gasteiger partial charge in [-0.2, -0.15) is 0 Å². The smallest absolute Gasteiger partial charge is 0.145 e. The van der Waals surface area contributed by atoms with Gasteiger partial charge in [0, 0.05) is 10.8 Å². The third-order valence-electron chi connectivity index (χ3n) is 5.10. The van der Waals surface area contributed by atoms with Crippen molar-refractivity contribution in [2.45, 2.75) is 12.8 Å². The van der Waals surface area contributed by atoms with Gasteiger partial charge in [0.1, 0.15) is 22.5 Å². The van der Waals surface area contributed by atoms with E-state index in [1.54, 1.807) is 14.2 Å². The van der Waals surface area contributed by atoms with Gasteiger partial charge in [-0.1, -0.05) is 24.3 Å². The summed E-state index contributed by atoms with van der Waals surface area (Å²) >= 11 is 0. The lowest BCUT2D eigenvalue weighted by Crippen LogP contribution is -2.08. The van der Waals surface area contributed by atoms with Gasteiger partial charge in [-0.05, 0) is 48.2 Å². The normalized spacial score (nSPS) is 12.7. The second-order valence-corrected chi connectivity index (χ2v) is 6.56.